The Morgan fingerprint density at radius 1 is 1.29 bits per heavy atom. The second-order valence-electron chi connectivity index (χ2n) is 6.79. The highest BCUT2D eigenvalue weighted by Gasteiger charge is 2.20. The molecule has 0 saturated carbocycles. The van der Waals surface area contributed by atoms with Crippen LogP contribution in [0.4, 0.5) is 0 Å². The third kappa shape index (κ3) is 4.12. The maximum absolute atomic E-state index is 13.0. The van der Waals surface area contributed by atoms with Crippen molar-refractivity contribution in [2.24, 2.45) is 7.05 Å². The van der Waals surface area contributed by atoms with E-state index >= 15 is 0 Å². The lowest BCUT2D eigenvalue weighted by molar-refractivity contribution is -0.131. The molecule has 8 nitrogen and oxygen atoms in total. The number of carbonyl (C=O) groups is 1. The first-order valence-electron chi connectivity index (χ1n) is 9.14. The van der Waals surface area contributed by atoms with E-state index in [0.717, 1.165) is 17.0 Å². The minimum Gasteiger partial charge on any atom is -0.383 e. The van der Waals surface area contributed by atoms with E-state index in [1.807, 2.05) is 27.0 Å². The monoisotopic (exact) mass is 383 g/mol. The van der Waals surface area contributed by atoms with Crippen LogP contribution in [0.1, 0.15) is 22.8 Å². The molecule has 0 atom stereocenters. The molecule has 3 aromatic rings. The largest absolute Gasteiger partial charge is 0.383 e. The quantitative estimate of drug-likeness (QED) is 0.667. The molecule has 0 spiro atoms. The Kier molecular flexibility index (Phi) is 5.89. The van der Waals surface area contributed by atoms with Gasteiger partial charge in [-0.25, -0.2) is 4.98 Å². The first-order chi connectivity index (χ1) is 13.4. The number of aryl methyl sites for hydroxylation is 2. The molecule has 0 fully saturated rings. The minimum atomic E-state index is -0.210. The number of aromatic amines is 1. The van der Waals surface area contributed by atoms with Gasteiger partial charge in [0, 0.05) is 32.0 Å². The molecule has 2 aromatic heterocycles. The number of carbonyl (C=O) groups excluding carboxylic acids is 1. The maximum Gasteiger partial charge on any atom is 0.258 e. The molecule has 3 rings (SSSR count). The number of rotatable bonds is 7. The summed E-state index contributed by atoms with van der Waals surface area (Å²) in [7, 11) is 3.46. The second kappa shape index (κ2) is 8.35. The van der Waals surface area contributed by atoms with Gasteiger partial charge in [-0.05, 0) is 26.0 Å². The molecule has 0 aliphatic carbocycles. The van der Waals surface area contributed by atoms with E-state index in [4.69, 9.17) is 4.74 Å². The molecule has 2 heterocycles. The van der Waals surface area contributed by atoms with Crippen LogP contribution in [0, 0.1) is 13.8 Å². The van der Waals surface area contributed by atoms with Gasteiger partial charge in [0.15, 0.2) is 0 Å². The molecule has 0 saturated heterocycles. The van der Waals surface area contributed by atoms with E-state index in [0.29, 0.717) is 29.9 Å². The summed E-state index contributed by atoms with van der Waals surface area (Å²) in [6, 6.07) is 7.15. The Hall–Kier alpha value is -3.00. The molecule has 8 heteroatoms. The van der Waals surface area contributed by atoms with Gasteiger partial charge in [0.2, 0.25) is 5.91 Å². The molecule has 28 heavy (non-hydrogen) atoms. The van der Waals surface area contributed by atoms with Crippen molar-refractivity contribution in [3.8, 4) is 0 Å². The molecular formula is C20H25N5O3. The molecule has 0 radical (unpaired) electrons. The fourth-order valence-corrected chi connectivity index (χ4v) is 3.22. The standard InChI is InChI=1S/C20H25N5O3/c1-13-16(14(2)24(3)23-13)11-19(26)25(9-10-28-4)12-18-21-17-8-6-5-7-15(17)20(27)22-18/h5-8H,9-12H2,1-4H3,(H,21,22,27). The molecule has 1 N–H and O–H groups in total. The zero-order valence-electron chi connectivity index (χ0n) is 16.7. The summed E-state index contributed by atoms with van der Waals surface area (Å²) in [5.41, 5.74) is 3.14. The van der Waals surface area contributed by atoms with Crippen LogP contribution in [0.15, 0.2) is 29.1 Å². The van der Waals surface area contributed by atoms with Crippen molar-refractivity contribution >= 4 is 16.8 Å². The van der Waals surface area contributed by atoms with Crippen LogP contribution in [0.25, 0.3) is 10.9 Å². The summed E-state index contributed by atoms with van der Waals surface area (Å²) < 4.78 is 6.93. The maximum atomic E-state index is 13.0. The Labute approximate surface area is 163 Å². The lowest BCUT2D eigenvalue weighted by Crippen LogP contribution is -2.36. The highest BCUT2D eigenvalue weighted by molar-refractivity contribution is 5.79. The fraction of sp³-hybridized carbons (Fsp3) is 0.400. The van der Waals surface area contributed by atoms with Crippen LogP contribution < -0.4 is 5.56 Å². The molecular weight excluding hydrogens is 358 g/mol. The number of hydrogen-bond donors (Lipinski definition) is 1. The summed E-state index contributed by atoms with van der Waals surface area (Å²) in [4.78, 5) is 34.3. The highest BCUT2D eigenvalue weighted by Crippen LogP contribution is 2.15. The van der Waals surface area contributed by atoms with Gasteiger partial charge in [-0.3, -0.25) is 14.3 Å². The van der Waals surface area contributed by atoms with Gasteiger partial charge in [0.1, 0.15) is 5.82 Å². The van der Waals surface area contributed by atoms with Crippen molar-refractivity contribution in [1.82, 2.24) is 24.6 Å². The summed E-state index contributed by atoms with van der Waals surface area (Å²) >= 11 is 0. The minimum absolute atomic E-state index is 0.0629. The van der Waals surface area contributed by atoms with E-state index in [1.54, 1.807) is 34.9 Å². The second-order valence-corrected chi connectivity index (χ2v) is 6.79. The summed E-state index contributed by atoms with van der Waals surface area (Å²) in [6.07, 6.45) is 0.243. The summed E-state index contributed by atoms with van der Waals surface area (Å²) in [5, 5.41) is 4.91. The summed E-state index contributed by atoms with van der Waals surface area (Å²) in [6.45, 7) is 4.86. The third-order valence-corrected chi connectivity index (χ3v) is 4.91. The van der Waals surface area contributed by atoms with Gasteiger partial charge in [-0.1, -0.05) is 12.1 Å². The molecule has 1 amide bonds. The number of para-hydroxylation sites is 1. The molecule has 0 unspecified atom stereocenters. The van der Waals surface area contributed by atoms with Gasteiger partial charge >= 0.3 is 0 Å². The van der Waals surface area contributed by atoms with Gasteiger partial charge in [-0.15, -0.1) is 0 Å². The normalized spacial score (nSPS) is 11.1. The number of methoxy groups -OCH3 is 1. The highest BCUT2D eigenvalue weighted by atomic mass is 16.5. The van der Waals surface area contributed by atoms with E-state index in [1.165, 1.54) is 0 Å². The molecule has 1 aromatic carbocycles. The number of hydrogen-bond acceptors (Lipinski definition) is 5. The number of H-pyrrole nitrogens is 1. The Morgan fingerprint density at radius 3 is 2.71 bits per heavy atom. The number of nitrogens with zero attached hydrogens (tertiary/aromatic N) is 4. The Balaban J connectivity index is 1.85. The van der Waals surface area contributed by atoms with Crippen LogP contribution in [0.2, 0.25) is 0 Å². The predicted octanol–water partition coefficient (Wildman–Crippen LogP) is 1.49. The average Bonchev–Trinajstić information content (AvgIpc) is 2.91. The van der Waals surface area contributed by atoms with Crippen molar-refractivity contribution in [1.29, 1.82) is 0 Å². The molecule has 0 aliphatic heterocycles. The third-order valence-electron chi connectivity index (χ3n) is 4.91. The number of amides is 1. The number of ether oxygens (including phenoxy) is 1. The van der Waals surface area contributed by atoms with Crippen molar-refractivity contribution in [3.05, 3.63) is 57.4 Å². The van der Waals surface area contributed by atoms with E-state index in [-0.39, 0.29) is 24.4 Å². The van der Waals surface area contributed by atoms with Crippen molar-refractivity contribution in [2.45, 2.75) is 26.8 Å². The van der Waals surface area contributed by atoms with Crippen molar-refractivity contribution in [3.63, 3.8) is 0 Å². The SMILES string of the molecule is COCCN(Cc1nc2ccccc2c(=O)[nH]1)C(=O)Cc1c(C)nn(C)c1C. The number of aromatic nitrogens is 4. The Morgan fingerprint density at radius 2 is 2.04 bits per heavy atom. The molecule has 148 valence electrons. The number of benzene rings is 1. The number of fused-ring (bicyclic) bond motifs is 1. The first kappa shape index (κ1) is 19.8. The Bertz CT molecular complexity index is 1050. The number of nitrogens with one attached hydrogen (secondary N) is 1. The van der Waals surface area contributed by atoms with Crippen LogP contribution in [0.3, 0.4) is 0 Å². The van der Waals surface area contributed by atoms with Crippen LogP contribution in [0.5, 0.6) is 0 Å². The van der Waals surface area contributed by atoms with Crippen LogP contribution in [-0.4, -0.2) is 50.8 Å². The van der Waals surface area contributed by atoms with E-state index in [2.05, 4.69) is 15.1 Å². The topological polar surface area (TPSA) is 93.1 Å². The molecule has 0 bridgehead atoms. The van der Waals surface area contributed by atoms with Gasteiger partial charge in [-0.2, -0.15) is 5.10 Å². The van der Waals surface area contributed by atoms with E-state index < -0.39 is 0 Å². The lowest BCUT2D eigenvalue weighted by atomic mass is 10.1. The fourth-order valence-electron chi connectivity index (χ4n) is 3.22. The smallest absolute Gasteiger partial charge is 0.258 e. The van der Waals surface area contributed by atoms with Gasteiger partial charge in [0.05, 0.1) is 36.2 Å². The van der Waals surface area contributed by atoms with Crippen LogP contribution >= 0.6 is 0 Å². The summed E-state index contributed by atoms with van der Waals surface area (Å²) in [5.74, 6) is 0.389. The van der Waals surface area contributed by atoms with Gasteiger partial charge < -0.3 is 14.6 Å². The predicted molar refractivity (Wildman–Crippen MR) is 106 cm³/mol. The van der Waals surface area contributed by atoms with Crippen molar-refractivity contribution in [2.75, 3.05) is 20.3 Å². The molecule has 0 aliphatic rings. The lowest BCUT2D eigenvalue weighted by Gasteiger charge is -2.22. The van der Waals surface area contributed by atoms with Crippen molar-refractivity contribution < 1.29 is 9.53 Å². The first-order valence-corrected chi connectivity index (χ1v) is 9.14. The zero-order chi connectivity index (χ0) is 20.3. The van der Waals surface area contributed by atoms with Crippen LogP contribution in [-0.2, 0) is 29.5 Å². The average molecular weight is 383 g/mol. The van der Waals surface area contributed by atoms with E-state index in [9.17, 15) is 9.59 Å². The van der Waals surface area contributed by atoms with Gasteiger partial charge in [0.25, 0.3) is 5.56 Å². The zero-order valence-corrected chi connectivity index (χ0v) is 16.7.